The lowest BCUT2D eigenvalue weighted by Gasteiger charge is -2.08. The van der Waals surface area contributed by atoms with Crippen molar-refractivity contribution in [1.82, 2.24) is 4.90 Å². The van der Waals surface area contributed by atoms with E-state index in [4.69, 9.17) is 16.3 Å². The molecule has 1 aromatic rings. The normalized spacial score (nSPS) is 10.7. The second-order valence-corrected chi connectivity index (χ2v) is 4.79. The number of rotatable bonds is 5. The molecule has 124 valence electrons. The monoisotopic (exact) mass is 342 g/mol. The van der Waals surface area contributed by atoms with Gasteiger partial charge in [0.25, 0.3) is 5.91 Å². The summed E-state index contributed by atoms with van der Waals surface area (Å²) in [6.45, 7) is 1.07. The third-order valence-electron chi connectivity index (χ3n) is 2.51. The Morgan fingerprint density at radius 3 is 2.43 bits per heavy atom. The van der Waals surface area contributed by atoms with Gasteiger partial charge in [0.05, 0.1) is 5.56 Å². The van der Waals surface area contributed by atoms with Crippen molar-refractivity contribution >= 4 is 34.8 Å². The van der Waals surface area contributed by atoms with Crippen LogP contribution in [0.4, 0.5) is 4.79 Å². The Kier molecular flexibility index (Phi) is 7.01. The molecule has 0 bridgehead atoms. The first-order chi connectivity index (χ1) is 10.8. The molecule has 0 N–H and O–H groups in total. The third kappa shape index (κ3) is 5.95. The van der Waals surface area contributed by atoms with Crippen molar-refractivity contribution < 1.29 is 28.7 Å². The van der Waals surface area contributed by atoms with Crippen molar-refractivity contribution in [1.29, 1.82) is 0 Å². The highest BCUT2D eigenvalue weighted by atomic mass is 35.5. The molecule has 0 saturated heterocycles. The van der Waals surface area contributed by atoms with Gasteiger partial charge in [0.15, 0.2) is 0 Å². The van der Waals surface area contributed by atoms with Gasteiger partial charge < -0.3 is 14.4 Å². The van der Waals surface area contributed by atoms with E-state index < -0.39 is 30.0 Å². The highest BCUT2D eigenvalue weighted by Gasteiger charge is 2.14. The van der Waals surface area contributed by atoms with E-state index in [1.54, 1.807) is 31.2 Å². The average molecular weight is 343 g/mol. The van der Waals surface area contributed by atoms with E-state index in [1.807, 2.05) is 0 Å². The van der Waals surface area contributed by atoms with E-state index in [0.717, 1.165) is 10.5 Å². The summed E-state index contributed by atoms with van der Waals surface area (Å²) in [6.07, 6.45) is -1.27. The fourth-order valence-corrected chi connectivity index (χ4v) is 1.54. The molecule has 0 atom stereocenters. The van der Waals surface area contributed by atoms with Gasteiger partial charge in [-0.05, 0) is 18.6 Å². The topological polar surface area (TPSA) is 94.5 Å². The van der Waals surface area contributed by atoms with Gasteiger partial charge in [-0.15, -0.1) is 0 Å². The molecule has 0 unspecified atom stereocenters. The van der Waals surface area contributed by atoms with Crippen molar-refractivity contribution in [3.8, 4) is 0 Å². The van der Waals surface area contributed by atoms with Crippen LogP contribution < -0.4 is 0 Å². The molecule has 1 aromatic carbocycles. The van der Waals surface area contributed by atoms with Crippen LogP contribution in [0.2, 0.25) is 0 Å². The molecule has 8 nitrogen and oxygen atoms in total. The molecule has 1 amide bonds. The number of ether oxygens (including phenoxy) is 2. The summed E-state index contributed by atoms with van der Waals surface area (Å²) in [4.78, 5) is 39.6. The van der Waals surface area contributed by atoms with Gasteiger partial charge in [-0.3, -0.25) is 9.63 Å². The molecule has 0 aliphatic rings. The van der Waals surface area contributed by atoms with Crippen LogP contribution in [0, 0.1) is 6.92 Å². The molecule has 0 saturated carbocycles. The SMILES string of the molecule is Cc1ccccc1C(=O)OCOC(=O)O/N=C(\Cl)C(=O)N(C)C. The lowest BCUT2D eigenvalue weighted by molar-refractivity contribution is -0.121. The third-order valence-corrected chi connectivity index (χ3v) is 2.75. The van der Waals surface area contributed by atoms with Gasteiger partial charge in [-0.1, -0.05) is 35.0 Å². The number of benzene rings is 1. The summed E-state index contributed by atoms with van der Waals surface area (Å²) >= 11 is 5.49. The summed E-state index contributed by atoms with van der Waals surface area (Å²) in [5.74, 6) is -1.30. The van der Waals surface area contributed by atoms with Crippen LogP contribution in [0.3, 0.4) is 0 Å². The number of carbonyl (C=O) groups is 3. The summed E-state index contributed by atoms with van der Waals surface area (Å²) in [6, 6.07) is 6.77. The van der Waals surface area contributed by atoms with E-state index in [2.05, 4.69) is 14.7 Å². The van der Waals surface area contributed by atoms with Crippen molar-refractivity contribution in [3.05, 3.63) is 35.4 Å². The lowest BCUT2D eigenvalue weighted by Crippen LogP contribution is -2.27. The Bertz CT molecular complexity index is 629. The molecule has 23 heavy (non-hydrogen) atoms. The lowest BCUT2D eigenvalue weighted by atomic mass is 10.1. The number of hydrogen-bond acceptors (Lipinski definition) is 7. The number of hydrogen-bond donors (Lipinski definition) is 0. The fraction of sp³-hybridized carbons (Fsp3) is 0.286. The van der Waals surface area contributed by atoms with Crippen LogP contribution in [0.15, 0.2) is 29.4 Å². The zero-order valence-corrected chi connectivity index (χ0v) is 13.5. The van der Waals surface area contributed by atoms with E-state index >= 15 is 0 Å². The molecular formula is C14H15ClN2O6. The van der Waals surface area contributed by atoms with Gasteiger partial charge in [-0.2, -0.15) is 0 Å². The summed E-state index contributed by atoms with van der Waals surface area (Å²) in [7, 11) is 2.90. The van der Waals surface area contributed by atoms with E-state index in [-0.39, 0.29) is 0 Å². The van der Waals surface area contributed by atoms with Crippen molar-refractivity contribution in [2.45, 2.75) is 6.92 Å². The van der Waals surface area contributed by atoms with Crippen LogP contribution in [-0.4, -0.2) is 49.0 Å². The second-order valence-electron chi connectivity index (χ2n) is 4.43. The second kappa shape index (κ2) is 8.74. The number of oxime groups is 1. The van der Waals surface area contributed by atoms with Gasteiger partial charge in [0.2, 0.25) is 12.0 Å². The van der Waals surface area contributed by atoms with E-state index in [0.29, 0.717) is 5.56 Å². The maximum Gasteiger partial charge on any atom is 0.538 e. The van der Waals surface area contributed by atoms with E-state index in [1.165, 1.54) is 14.1 Å². The first-order valence-electron chi connectivity index (χ1n) is 6.34. The molecule has 0 spiro atoms. The minimum Gasteiger partial charge on any atom is -0.424 e. The Hall–Kier alpha value is -2.61. The van der Waals surface area contributed by atoms with Gasteiger partial charge in [0.1, 0.15) is 0 Å². The van der Waals surface area contributed by atoms with Crippen molar-refractivity contribution in [2.75, 3.05) is 20.9 Å². The van der Waals surface area contributed by atoms with Crippen molar-refractivity contribution in [2.24, 2.45) is 5.16 Å². The summed E-state index contributed by atoms with van der Waals surface area (Å²) in [5, 5.41) is 2.54. The standard InChI is InChI=1S/C14H15ClN2O6/c1-9-6-4-5-7-10(9)13(19)21-8-22-14(20)23-16-11(15)12(18)17(2)3/h4-7H,8H2,1-3H3/b16-11-. The predicted octanol–water partition coefficient (Wildman–Crippen LogP) is 1.90. The van der Waals surface area contributed by atoms with Crippen molar-refractivity contribution in [3.63, 3.8) is 0 Å². The zero-order valence-electron chi connectivity index (χ0n) is 12.7. The average Bonchev–Trinajstić information content (AvgIpc) is 2.51. The van der Waals surface area contributed by atoms with Gasteiger partial charge in [-0.25, -0.2) is 9.59 Å². The molecular weight excluding hydrogens is 328 g/mol. The predicted molar refractivity (Wildman–Crippen MR) is 81.0 cm³/mol. The molecule has 0 radical (unpaired) electrons. The van der Waals surface area contributed by atoms with Crippen LogP contribution in [0.25, 0.3) is 0 Å². The fourth-order valence-electron chi connectivity index (χ4n) is 1.34. The number of nitrogens with zero attached hydrogens (tertiary/aromatic N) is 2. The molecule has 9 heteroatoms. The number of aryl methyl sites for hydroxylation is 1. The van der Waals surface area contributed by atoms with Crippen LogP contribution >= 0.6 is 11.6 Å². The molecule has 0 aliphatic carbocycles. The Morgan fingerprint density at radius 2 is 1.83 bits per heavy atom. The minimum absolute atomic E-state index is 0.349. The molecule has 0 heterocycles. The number of carbonyl (C=O) groups excluding carboxylic acids is 3. The highest BCUT2D eigenvalue weighted by molar-refractivity contribution is 6.82. The molecule has 0 aliphatic heterocycles. The highest BCUT2D eigenvalue weighted by Crippen LogP contribution is 2.08. The minimum atomic E-state index is -1.27. The Morgan fingerprint density at radius 1 is 1.17 bits per heavy atom. The van der Waals surface area contributed by atoms with Crippen LogP contribution in [0.5, 0.6) is 0 Å². The smallest absolute Gasteiger partial charge is 0.424 e. The number of halogens is 1. The molecule has 0 fully saturated rings. The summed E-state index contributed by atoms with van der Waals surface area (Å²) in [5.41, 5.74) is 1.07. The first-order valence-corrected chi connectivity index (χ1v) is 6.72. The number of amides is 1. The maximum absolute atomic E-state index is 11.7. The van der Waals surface area contributed by atoms with Crippen LogP contribution in [-0.2, 0) is 19.1 Å². The zero-order chi connectivity index (χ0) is 17.4. The number of esters is 1. The van der Waals surface area contributed by atoms with Gasteiger partial charge in [0, 0.05) is 14.1 Å². The quantitative estimate of drug-likeness (QED) is 0.267. The van der Waals surface area contributed by atoms with E-state index in [9.17, 15) is 14.4 Å². The first kappa shape index (κ1) is 18.4. The largest absolute Gasteiger partial charge is 0.538 e. The molecule has 1 rings (SSSR count). The van der Waals surface area contributed by atoms with Gasteiger partial charge >= 0.3 is 12.1 Å². The summed E-state index contributed by atoms with van der Waals surface area (Å²) < 4.78 is 9.22. The van der Waals surface area contributed by atoms with Crippen LogP contribution in [0.1, 0.15) is 15.9 Å². The Balaban J connectivity index is 2.40. The maximum atomic E-state index is 11.7. The Labute approximate surface area is 137 Å². The molecule has 0 aromatic heterocycles.